The average Bonchev–Trinajstić information content (AvgIpc) is 2.90. The standard InChI is InChI=1S/C16H23N3O/c1-2-19-10-4-7-15(19)12-18-16(20)9-8-13-5-3-6-14(17)11-13/h3,5-6,8-9,11,15H,2,4,7,10,12,17H2,1H3,(H,18,20)/b9-8+. The lowest BCUT2D eigenvalue weighted by Gasteiger charge is -2.22. The predicted molar refractivity (Wildman–Crippen MR) is 83.2 cm³/mol. The fraction of sp³-hybridized carbons (Fsp3) is 0.438. The van der Waals surface area contributed by atoms with E-state index in [2.05, 4.69) is 17.1 Å². The van der Waals surface area contributed by atoms with E-state index in [0.29, 0.717) is 11.7 Å². The highest BCUT2D eigenvalue weighted by Crippen LogP contribution is 2.15. The number of likely N-dealkylation sites (tertiary alicyclic amines) is 1. The Bertz CT molecular complexity index is 484. The number of hydrogen-bond donors (Lipinski definition) is 2. The van der Waals surface area contributed by atoms with Crippen LogP contribution in [0.1, 0.15) is 25.3 Å². The molecule has 3 N–H and O–H groups in total. The Balaban J connectivity index is 1.80. The molecule has 1 amide bonds. The Labute approximate surface area is 120 Å². The second kappa shape index (κ2) is 7.10. The second-order valence-corrected chi connectivity index (χ2v) is 5.17. The minimum absolute atomic E-state index is 0.0459. The van der Waals surface area contributed by atoms with Crippen LogP contribution in [0, 0.1) is 0 Å². The molecule has 1 aliphatic rings. The van der Waals surface area contributed by atoms with Crippen LogP contribution in [0.2, 0.25) is 0 Å². The van der Waals surface area contributed by atoms with Crippen molar-refractivity contribution in [1.82, 2.24) is 10.2 Å². The molecule has 1 aromatic rings. The van der Waals surface area contributed by atoms with Crippen molar-refractivity contribution < 1.29 is 4.79 Å². The van der Waals surface area contributed by atoms with Crippen molar-refractivity contribution in [3.8, 4) is 0 Å². The van der Waals surface area contributed by atoms with Crippen molar-refractivity contribution in [2.45, 2.75) is 25.8 Å². The molecule has 0 spiro atoms. The molecule has 0 aliphatic carbocycles. The highest BCUT2D eigenvalue weighted by molar-refractivity contribution is 5.91. The number of carbonyl (C=O) groups is 1. The van der Waals surface area contributed by atoms with Crippen molar-refractivity contribution in [3.63, 3.8) is 0 Å². The third kappa shape index (κ3) is 4.10. The Hall–Kier alpha value is -1.81. The van der Waals surface area contributed by atoms with E-state index in [4.69, 9.17) is 5.73 Å². The lowest BCUT2D eigenvalue weighted by atomic mass is 10.2. The van der Waals surface area contributed by atoms with Crippen LogP contribution in [0.4, 0.5) is 5.69 Å². The van der Waals surface area contributed by atoms with Gasteiger partial charge in [0.05, 0.1) is 0 Å². The molecule has 0 radical (unpaired) electrons. The zero-order valence-electron chi connectivity index (χ0n) is 12.0. The molecule has 0 aromatic heterocycles. The van der Waals surface area contributed by atoms with Crippen LogP contribution in [0.3, 0.4) is 0 Å². The molecule has 1 fully saturated rings. The summed E-state index contributed by atoms with van der Waals surface area (Å²) in [6.45, 7) is 5.10. The van der Waals surface area contributed by atoms with Gasteiger partial charge in [-0.05, 0) is 49.7 Å². The van der Waals surface area contributed by atoms with Gasteiger partial charge >= 0.3 is 0 Å². The maximum absolute atomic E-state index is 11.8. The second-order valence-electron chi connectivity index (χ2n) is 5.17. The quantitative estimate of drug-likeness (QED) is 0.636. The Kier molecular flexibility index (Phi) is 5.18. The third-order valence-electron chi connectivity index (χ3n) is 3.76. The van der Waals surface area contributed by atoms with Crippen molar-refractivity contribution in [2.75, 3.05) is 25.4 Å². The van der Waals surface area contributed by atoms with E-state index < -0.39 is 0 Å². The van der Waals surface area contributed by atoms with Crippen LogP contribution in [0.15, 0.2) is 30.3 Å². The molecule has 20 heavy (non-hydrogen) atoms. The van der Waals surface area contributed by atoms with E-state index in [1.165, 1.54) is 12.8 Å². The van der Waals surface area contributed by atoms with Gasteiger partial charge in [-0.15, -0.1) is 0 Å². The van der Waals surface area contributed by atoms with Gasteiger partial charge in [0.1, 0.15) is 0 Å². The van der Waals surface area contributed by atoms with E-state index in [1.807, 2.05) is 24.3 Å². The number of nitrogens with two attached hydrogens (primary N) is 1. The molecule has 108 valence electrons. The summed E-state index contributed by atoms with van der Waals surface area (Å²) in [5.74, 6) is -0.0459. The highest BCUT2D eigenvalue weighted by Gasteiger charge is 2.22. The normalized spacial score (nSPS) is 19.6. The number of nitrogens with zero attached hydrogens (tertiary/aromatic N) is 1. The first-order valence-corrected chi connectivity index (χ1v) is 7.24. The Morgan fingerprint density at radius 2 is 2.40 bits per heavy atom. The van der Waals surface area contributed by atoms with Gasteiger partial charge in [-0.3, -0.25) is 9.69 Å². The number of nitrogen functional groups attached to an aromatic ring is 1. The molecule has 1 saturated heterocycles. The van der Waals surface area contributed by atoms with Gasteiger partial charge < -0.3 is 11.1 Å². The Morgan fingerprint density at radius 1 is 1.55 bits per heavy atom. The van der Waals surface area contributed by atoms with E-state index in [1.54, 1.807) is 12.2 Å². The smallest absolute Gasteiger partial charge is 0.244 e. The molecular weight excluding hydrogens is 250 g/mol. The lowest BCUT2D eigenvalue weighted by Crippen LogP contribution is -2.39. The summed E-state index contributed by atoms with van der Waals surface area (Å²) in [5.41, 5.74) is 7.34. The number of amides is 1. The van der Waals surface area contributed by atoms with Crippen molar-refractivity contribution >= 4 is 17.7 Å². The van der Waals surface area contributed by atoms with Crippen LogP contribution in [-0.4, -0.2) is 36.5 Å². The predicted octanol–water partition coefficient (Wildman–Crippen LogP) is 1.88. The summed E-state index contributed by atoms with van der Waals surface area (Å²) in [6, 6.07) is 7.97. The third-order valence-corrected chi connectivity index (χ3v) is 3.76. The number of rotatable bonds is 5. The van der Waals surface area contributed by atoms with Crippen LogP contribution < -0.4 is 11.1 Å². The first kappa shape index (κ1) is 14.6. The summed E-state index contributed by atoms with van der Waals surface area (Å²) in [4.78, 5) is 14.2. The van der Waals surface area contributed by atoms with Gasteiger partial charge in [0.25, 0.3) is 0 Å². The van der Waals surface area contributed by atoms with Gasteiger partial charge in [-0.1, -0.05) is 19.1 Å². The number of likely N-dealkylation sites (N-methyl/N-ethyl adjacent to an activating group) is 1. The molecule has 2 rings (SSSR count). The number of anilines is 1. The van der Waals surface area contributed by atoms with Crippen molar-refractivity contribution in [2.24, 2.45) is 0 Å². The fourth-order valence-electron chi connectivity index (χ4n) is 2.65. The summed E-state index contributed by atoms with van der Waals surface area (Å²) in [5, 5.41) is 2.98. The maximum atomic E-state index is 11.8. The van der Waals surface area contributed by atoms with E-state index in [9.17, 15) is 4.79 Å². The van der Waals surface area contributed by atoms with Crippen LogP contribution in [0.5, 0.6) is 0 Å². The summed E-state index contributed by atoms with van der Waals surface area (Å²) < 4.78 is 0. The number of benzene rings is 1. The fourth-order valence-corrected chi connectivity index (χ4v) is 2.65. The van der Waals surface area contributed by atoms with Gasteiger partial charge in [-0.25, -0.2) is 0 Å². The first-order valence-electron chi connectivity index (χ1n) is 7.24. The lowest BCUT2D eigenvalue weighted by molar-refractivity contribution is -0.116. The average molecular weight is 273 g/mol. The zero-order chi connectivity index (χ0) is 14.4. The van der Waals surface area contributed by atoms with Crippen molar-refractivity contribution in [1.29, 1.82) is 0 Å². The SMILES string of the molecule is CCN1CCCC1CNC(=O)/C=C/c1cccc(N)c1. The van der Waals surface area contributed by atoms with Crippen molar-refractivity contribution in [3.05, 3.63) is 35.9 Å². The molecule has 4 heteroatoms. The zero-order valence-corrected chi connectivity index (χ0v) is 12.0. The van der Waals surface area contributed by atoms with Crippen LogP contribution in [0.25, 0.3) is 6.08 Å². The molecule has 1 heterocycles. The number of nitrogens with one attached hydrogen (secondary N) is 1. The van der Waals surface area contributed by atoms with E-state index >= 15 is 0 Å². The molecule has 4 nitrogen and oxygen atoms in total. The molecule has 1 unspecified atom stereocenters. The minimum atomic E-state index is -0.0459. The first-order chi connectivity index (χ1) is 9.69. The topological polar surface area (TPSA) is 58.4 Å². The largest absolute Gasteiger partial charge is 0.399 e. The van der Waals surface area contributed by atoms with Crippen LogP contribution >= 0.6 is 0 Å². The Morgan fingerprint density at radius 3 is 3.15 bits per heavy atom. The van der Waals surface area contributed by atoms with Crippen LogP contribution in [-0.2, 0) is 4.79 Å². The van der Waals surface area contributed by atoms with Gasteiger partial charge in [0.2, 0.25) is 5.91 Å². The molecule has 1 atom stereocenters. The highest BCUT2D eigenvalue weighted by atomic mass is 16.1. The van der Waals surface area contributed by atoms with E-state index in [-0.39, 0.29) is 5.91 Å². The molecule has 1 aliphatic heterocycles. The van der Waals surface area contributed by atoms with Gasteiger partial charge in [0.15, 0.2) is 0 Å². The van der Waals surface area contributed by atoms with Gasteiger partial charge in [0, 0.05) is 24.4 Å². The van der Waals surface area contributed by atoms with E-state index in [0.717, 1.165) is 25.2 Å². The molecule has 1 aromatic carbocycles. The summed E-state index contributed by atoms with van der Waals surface area (Å²) in [6.07, 6.45) is 5.76. The molecule has 0 bridgehead atoms. The molecular formula is C16H23N3O. The monoisotopic (exact) mass is 273 g/mol. The maximum Gasteiger partial charge on any atom is 0.244 e. The van der Waals surface area contributed by atoms with Gasteiger partial charge in [-0.2, -0.15) is 0 Å². The minimum Gasteiger partial charge on any atom is -0.399 e. The number of carbonyl (C=O) groups excluding carboxylic acids is 1. The molecule has 0 saturated carbocycles. The summed E-state index contributed by atoms with van der Waals surface area (Å²) in [7, 11) is 0. The number of hydrogen-bond acceptors (Lipinski definition) is 3. The summed E-state index contributed by atoms with van der Waals surface area (Å²) >= 11 is 0.